The predicted octanol–water partition coefficient (Wildman–Crippen LogP) is 4.66. The van der Waals surface area contributed by atoms with E-state index in [1.165, 1.54) is 12.3 Å². The van der Waals surface area contributed by atoms with Gasteiger partial charge in [0.25, 0.3) is 0 Å². The lowest BCUT2D eigenvalue weighted by atomic mass is 9.93. The van der Waals surface area contributed by atoms with Crippen LogP contribution in [0.5, 0.6) is 0 Å². The van der Waals surface area contributed by atoms with Crippen LogP contribution in [0.2, 0.25) is 10.2 Å². The van der Waals surface area contributed by atoms with E-state index in [0.717, 1.165) is 22.3 Å². The number of carbonyl (C=O) groups is 2. The number of ether oxygens (including phenoxy) is 1. The van der Waals surface area contributed by atoms with Crippen molar-refractivity contribution in [1.29, 1.82) is 0 Å². The maximum atomic E-state index is 12.4. The minimum Gasteiger partial charge on any atom is -0.454 e. The monoisotopic (exact) mass is 365 g/mol. The van der Waals surface area contributed by atoms with Gasteiger partial charge in [0.2, 0.25) is 5.78 Å². The zero-order chi connectivity index (χ0) is 18.0. The van der Waals surface area contributed by atoms with E-state index in [1.807, 2.05) is 33.8 Å². The smallest absolute Gasteiger partial charge is 0.340 e. The molecule has 0 amide bonds. The molecule has 6 heteroatoms. The van der Waals surface area contributed by atoms with Gasteiger partial charge in [-0.15, -0.1) is 0 Å². The molecule has 0 fully saturated rings. The molecule has 0 saturated heterocycles. The SMILES string of the molecule is Cc1cc(C(=O)COC(=O)c2cnc(Cl)c(Cl)c2)c(C)c(C)c1C. The highest BCUT2D eigenvalue weighted by atomic mass is 35.5. The van der Waals surface area contributed by atoms with Crippen LogP contribution >= 0.6 is 23.2 Å². The second kappa shape index (κ2) is 7.32. The molecule has 0 aliphatic rings. The van der Waals surface area contributed by atoms with Crippen LogP contribution in [-0.2, 0) is 4.74 Å². The molecular weight excluding hydrogens is 349 g/mol. The number of esters is 1. The summed E-state index contributed by atoms with van der Waals surface area (Å²) in [6.07, 6.45) is 1.26. The van der Waals surface area contributed by atoms with Crippen LogP contribution in [0.15, 0.2) is 18.3 Å². The Morgan fingerprint density at radius 2 is 1.71 bits per heavy atom. The first-order chi connectivity index (χ1) is 11.2. The van der Waals surface area contributed by atoms with Crippen molar-refractivity contribution in [2.75, 3.05) is 6.61 Å². The number of carbonyl (C=O) groups excluding carboxylic acids is 2. The van der Waals surface area contributed by atoms with Gasteiger partial charge in [-0.3, -0.25) is 4.79 Å². The highest BCUT2D eigenvalue weighted by Crippen LogP contribution is 2.22. The standard InChI is InChI=1S/C18H17Cl2NO3/c1-9-5-14(12(4)11(3)10(9)2)16(22)8-24-18(23)13-6-15(19)17(20)21-7-13/h5-7H,8H2,1-4H3. The van der Waals surface area contributed by atoms with Crippen molar-refractivity contribution in [3.63, 3.8) is 0 Å². The average molecular weight is 366 g/mol. The number of hydrogen-bond acceptors (Lipinski definition) is 4. The lowest BCUT2D eigenvalue weighted by Crippen LogP contribution is -2.16. The molecule has 0 saturated carbocycles. The number of hydrogen-bond donors (Lipinski definition) is 0. The summed E-state index contributed by atoms with van der Waals surface area (Å²) >= 11 is 11.5. The van der Waals surface area contributed by atoms with Crippen LogP contribution in [0.1, 0.15) is 43.0 Å². The zero-order valence-corrected chi connectivity index (χ0v) is 15.4. The van der Waals surface area contributed by atoms with E-state index < -0.39 is 5.97 Å². The molecule has 1 aromatic carbocycles. The van der Waals surface area contributed by atoms with Gasteiger partial charge in [-0.05, 0) is 62.1 Å². The van der Waals surface area contributed by atoms with Gasteiger partial charge in [0.05, 0.1) is 10.6 Å². The predicted molar refractivity (Wildman–Crippen MR) is 94.3 cm³/mol. The molecule has 0 aliphatic heterocycles. The van der Waals surface area contributed by atoms with Gasteiger partial charge in [0, 0.05) is 11.8 Å². The van der Waals surface area contributed by atoms with Crippen LogP contribution in [0.3, 0.4) is 0 Å². The highest BCUT2D eigenvalue weighted by Gasteiger charge is 2.17. The van der Waals surface area contributed by atoms with Crippen LogP contribution in [0.25, 0.3) is 0 Å². The molecule has 2 aromatic rings. The van der Waals surface area contributed by atoms with Crippen molar-refractivity contribution in [2.24, 2.45) is 0 Å². The molecule has 0 radical (unpaired) electrons. The topological polar surface area (TPSA) is 56.3 Å². The quantitative estimate of drug-likeness (QED) is 0.449. The van der Waals surface area contributed by atoms with E-state index in [-0.39, 0.29) is 28.1 Å². The van der Waals surface area contributed by atoms with E-state index in [9.17, 15) is 9.59 Å². The van der Waals surface area contributed by atoms with Gasteiger partial charge in [0.1, 0.15) is 5.15 Å². The van der Waals surface area contributed by atoms with Crippen LogP contribution in [0.4, 0.5) is 0 Å². The van der Waals surface area contributed by atoms with Gasteiger partial charge in [-0.2, -0.15) is 0 Å². The average Bonchev–Trinajstić information content (AvgIpc) is 2.56. The minimum absolute atomic E-state index is 0.102. The third-order valence-electron chi connectivity index (χ3n) is 4.15. The Bertz CT molecular complexity index is 831. The molecule has 0 unspecified atom stereocenters. The molecule has 4 nitrogen and oxygen atoms in total. The molecule has 126 valence electrons. The first-order valence-corrected chi connectivity index (χ1v) is 8.06. The van der Waals surface area contributed by atoms with Crippen LogP contribution in [0, 0.1) is 27.7 Å². The van der Waals surface area contributed by atoms with Crippen LogP contribution in [-0.4, -0.2) is 23.3 Å². The van der Waals surface area contributed by atoms with E-state index in [2.05, 4.69) is 4.98 Å². The number of aromatic nitrogens is 1. The number of benzene rings is 1. The van der Waals surface area contributed by atoms with Crippen LogP contribution < -0.4 is 0 Å². The summed E-state index contributed by atoms with van der Waals surface area (Å²) in [4.78, 5) is 28.2. The molecule has 0 aliphatic carbocycles. The number of nitrogens with zero attached hydrogens (tertiary/aromatic N) is 1. The summed E-state index contributed by atoms with van der Waals surface area (Å²) in [5.74, 6) is -0.923. The molecular formula is C18H17Cl2NO3. The van der Waals surface area contributed by atoms with Crippen molar-refractivity contribution < 1.29 is 14.3 Å². The Kier molecular flexibility index (Phi) is 5.62. The number of pyridine rings is 1. The lowest BCUT2D eigenvalue weighted by Gasteiger charge is -2.13. The van der Waals surface area contributed by atoms with Crippen molar-refractivity contribution >= 4 is 35.0 Å². The fourth-order valence-electron chi connectivity index (χ4n) is 2.33. The molecule has 24 heavy (non-hydrogen) atoms. The summed E-state index contributed by atoms with van der Waals surface area (Å²) in [5, 5.41) is 0.253. The molecule has 0 spiro atoms. The lowest BCUT2D eigenvalue weighted by molar-refractivity contribution is 0.0474. The van der Waals surface area contributed by atoms with Gasteiger partial charge in [0.15, 0.2) is 6.61 Å². The Labute approximate surface area is 150 Å². The molecule has 2 rings (SSSR count). The van der Waals surface area contributed by atoms with Gasteiger partial charge in [-0.1, -0.05) is 23.2 Å². The molecule has 1 aromatic heterocycles. The zero-order valence-electron chi connectivity index (χ0n) is 13.9. The Morgan fingerprint density at radius 3 is 2.33 bits per heavy atom. The van der Waals surface area contributed by atoms with E-state index in [1.54, 1.807) is 0 Å². The van der Waals surface area contributed by atoms with Gasteiger partial charge >= 0.3 is 5.97 Å². The largest absolute Gasteiger partial charge is 0.454 e. The second-order valence-corrected chi connectivity index (χ2v) is 6.38. The normalized spacial score (nSPS) is 10.6. The molecule has 0 N–H and O–H groups in total. The van der Waals surface area contributed by atoms with Crippen molar-refractivity contribution in [3.8, 4) is 0 Å². The number of Topliss-reactive ketones (excluding diaryl/α,β-unsaturated/α-hetero) is 1. The van der Waals surface area contributed by atoms with E-state index in [4.69, 9.17) is 27.9 Å². The van der Waals surface area contributed by atoms with Crippen molar-refractivity contribution in [3.05, 3.63) is 61.9 Å². The number of ketones is 1. The van der Waals surface area contributed by atoms with Crippen molar-refractivity contribution in [1.82, 2.24) is 4.98 Å². The van der Waals surface area contributed by atoms with Gasteiger partial charge < -0.3 is 4.74 Å². The Hall–Kier alpha value is -1.91. The summed E-state index contributed by atoms with van der Waals surface area (Å²) in [7, 11) is 0. The summed E-state index contributed by atoms with van der Waals surface area (Å²) in [6, 6.07) is 3.18. The summed E-state index contributed by atoms with van der Waals surface area (Å²) in [5.41, 5.74) is 4.86. The summed E-state index contributed by atoms with van der Waals surface area (Å²) in [6.45, 7) is 7.48. The molecule has 0 bridgehead atoms. The highest BCUT2D eigenvalue weighted by molar-refractivity contribution is 6.41. The minimum atomic E-state index is -0.673. The fourth-order valence-corrected chi connectivity index (χ4v) is 2.60. The third-order valence-corrected chi connectivity index (χ3v) is 4.83. The molecule has 1 heterocycles. The maximum Gasteiger partial charge on any atom is 0.340 e. The Balaban J connectivity index is 2.13. The van der Waals surface area contributed by atoms with E-state index in [0.29, 0.717) is 5.56 Å². The van der Waals surface area contributed by atoms with Gasteiger partial charge in [-0.25, -0.2) is 9.78 Å². The van der Waals surface area contributed by atoms with Crippen molar-refractivity contribution in [2.45, 2.75) is 27.7 Å². The fraction of sp³-hybridized carbons (Fsp3) is 0.278. The number of rotatable bonds is 4. The summed E-state index contributed by atoms with van der Waals surface area (Å²) < 4.78 is 5.07. The second-order valence-electron chi connectivity index (χ2n) is 5.61. The first-order valence-electron chi connectivity index (χ1n) is 7.31. The first kappa shape index (κ1) is 18.4. The Morgan fingerprint density at radius 1 is 1.04 bits per heavy atom. The number of aryl methyl sites for hydroxylation is 1. The molecule has 0 atom stereocenters. The van der Waals surface area contributed by atoms with E-state index >= 15 is 0 Å². The number of halogens is 2. The third kappa shape index (κ3) is 3.77. The maximum absolute atomic E-state index is 12.4.